The molecule has 0 aliphatic heterocycles. The van der Waals surface area contributed by atoms with Gasteiger partial charge in [-0.25, -0.2) is 15.0 Å². The molecule has 0 fully saturated rings. The normalized spacial score (nSPS) is 12.3. The molecule has 10 nitrogen and oxygen atoms in total. The predicted octanol–water partition coefficient (Wildman–Crippen LogP) is 2.69. The Morgan fingerprint density at radius 3 is 2.65 bits per heavy atom. The van der Waals surface area contributed by atoms with Crippen LogP contribution in [0.3, 0.4) is 0 Å². The molecule has 1 atom stereocenters. The Bertz CT molecular complexity index is 1320. The summed E-state index contributed by atoms with van der Waals surface area (Å²) in [7, 11) is 1.78. The molecule has 0 bridgehead atoms. The molecular weight excluding hydrogens is 416 g/mol. The van der Waals surface area contributed by atoms with Crippen LogP contribution in [0.25, 0.3) is 22.6 Å². The van der Waals surface area contributed by atoms with E-state index in [9.17, 15) is 0 Å². The van der Waals surface area contributed by atoms with Crippen molar-refractivity contribution >= 4 is 28.8 Å². The van der Waals surface area contributed by atoms with E-state index in [-0.39, 0.29) is 0 Å². The van der Waals surface area contributed by atoms with E-state index in [4.69, 9.17) is 22.4 Å². The molecule has 0 amide bonds. The van der Waals surface area contributed by atoms with Crippen molar-refractivity contribution in [2.75, 3.05) is 18.2 Å². The van der Waals surface area contributed by atoms with Gasteiger partial charge in [0.05, 0.1) is 36.3 Å². The summed E-state index contributed by atoms with van der Waals surface area (Å²) in [6, 6.07) is 7.93. The van der Waals surface area contributed by atoms with E-state index in [1.165, 1.54) is 4.79 Å². The Morgan fingerprint density at radius 2 is 1.97 bits per heavy atom. The molecule has 5 aromatic rings. The SMILES string of the molecule is CNC(Cl)c1cn2c(-c3cnn(N)c3)cnc2c(Nc2ccc(-n3ccnc3)cc2)n1. The van der Waals surface area contributed by atoms with E-state index in [2.05, 4.69) is 25.7 Å². The lowest BCUT2D eigenvalue weighted by Crippen LogP contribution is -2.14. The average molecular weight is 435 g/mol. The number of hydrogen-bond donors (Lipinski definition) is 3. The zero-order chi connectivity index (χ0) is 21.4. The maximum atomic E-state index is 6.43. The van der Waals surface area contributed by atoms with Gasteiger partial charge in [-0.15, -0.1) is 0 Å². The Morgan fingerprint density at radius 1 is 1.13 bits per heavy atom. The summed E-state index contributed by atoms with van der Waals surface area (Å²) in [5, 5.41) is 10.4. The number of benzene rings is 1. The minimum atomic E-state index is -0.471. The molecule has 0 radical (unpaired) electrons. The number of hydrogen-bond acceptors (Lipinski definition) is 7. The van der Waals surface area contributed by atoms with Gasteiger partial charge in [0, 0.05) is 35.5 Å². The lowest BCUT2D eigenvalue weighted by Gasteiger charge is -2.14. The third kappa shape index (κ3) is 3.58. The van der Waals surface area contributed by atoms with Crippen molar-refractivity contribution in [1.29, 1.82) is 0 Å². The van der Waals surface area contributed by atoms with Gasteiger partial charge in [-0.1, -0.05) is 11.6 Å². The van der Waals surface area contributed by atoms with Crippen LogP contribution in [0.4, 0.5) is 11.5 Å². The molecule has 0 aliphatic carbocycles. The first-order valence-corrected chi connectivity index (χ1v) is 9.91. The molecule has 4 aromatic heterocycles. The average Bonchev–Trinajstić information content (AvgIpc) is 3.54. The molecule has 11 heteroatoms. The number of nitrogens with one attached hydrogen (secondary N) is 2. The molecular formula is C20H19ClN10. The van der Waals surface area contributed by atoms with Crippen LogP contribution in [-0.4, -0.2) is 40.9 Å². The highest BCUT2D eigenvalue weighted by Crippen LogP contribution is 2.28. The second-order valence-corrected chi connectivity index (χ2v) is 7.29. The number of nitrogen functional groups attached to an aromatic ring is 1. The number of fused-ring (bicyclic) bond motifs is 1. The zero-order valence-corrected chi connectivity index (χ0v) is 17.3. The van der Waals surface area contributed by atoms with Crippen molar-refractivity contribution in [3.8, 4) is 16.9 Å². The van der Waals surface area contributed by atoms with Crippen LogP contribution in [0, 0.1) is 0 Å². The van der Waals surface area contributed by atoms with E-state index >= 15 is 0 Å². The van der Waals surface area contributed by atoms with Gasteiger partial charge >= 0.3 is 0 Å². The fourth-order valence-electron chi connectivity index (χ4n) is 3.31. The molecule has 4 heterocycles. The highest BCUT2D eigenvalue weighted by atomic mass is 35.5. The van der Waals surface area contributed by atoms with Crippen molar-refractivity contribution in [2.45, 2.75) is 5.50 Å². The zero-order valence-electron chi connectivity index (χ0n) is 16.5. The molecule has 1 aromatic carbocycles. The summed E-state index contributed by atoms with van der Waals surface area (Å²) < 4.78 is 3.86. The van der Waals surface area contributed by atoms with Crippen molar-refractivity contribution < 1.29 is 0 Å². The third-order valence-electron chi connectivity index (χ3n) is 4.85. The second kappa shape index (κ2) is 7.74. The number of imidazole rings is 2. The number of rotatable bonds is 6. The fraction of sp³-hybridized carbons (Fsp3) is 0.100. The van der Waals surface area contributed by atoms with E-state index in [1.54, 1.807) is 38.2 Å². The standard InChI is InChI=1S/C20H19ClN10/c1-23-18(21)16-11-30-17(13-8-26-31(22)10-13)9-25-20(30)19(28-16)27-14-2-4-15(5-3-14)29-7-6-24-12-29/h2-12,18,23H,22H2,1H3,(H,27,28). The lowest BCUT2D eigenvalue weighted by molar-refractivity contribution is 0.752. The number of nitrogens with zero attached hydrogens (tertiary/aromatic N) is 7. The van der Waals surface area contributed by atoms with Crippen LogP contribution in [0.15, 0.2) is 67.8 Å². The van der Waals surface area contributed by atoms with Gasteiger partial charge in [0.1, 0.15) is 5.50 Å². The maximum Gasteiger partial charge on any atom is 0.180 e. The summed E-state index contributed by atoms with van der Waals surface area (Å²) in [4.78, 5) is 14.6. The van der Waals surface area contributed by atoms with Gasteiger partial charge in [0.25, 0.3) is 0 Å². The van der Waals surface area contributed by atoms with Gasteiger partial charge in [-0.2, -0.15) is 9.89 Å². The predicted molar refractivity (Wildman–Crippen MR) is 119 cm³/mol. The minimum Gasteiger partial charge on any atom is -0.337 e. The minimum absolute atomic E-state index is 0.471. The molecule has 0 spiro atoms. The van der Waals surface area contributed by atoms with E-state index in [0.717, 1.165) is 22.6 Å². The Balaban J connectivity index is 1.56. The van der Waals surface area contributed by atoms with Crippen LogP contribution in [0.5, 0.6) is 0 Å². The maximum absolute atomic E-state index is 6.43. The summed E-state index contributed by atoms with van der Waals surface area (Å²) in [5.41, 5.74) is 4.36. The quantitative estimate of drug-likeness (QED) is 0.214. The molecule has 0 saturated carbocycles. The van der Waals surface area contributed by atoms with Gasteiger partial charge in [-0.3, -0.25) is 9.72 Å². The number of aromatic nitrogens is 7. The van der Waals surface area contributed by atoms with Crippen LogP contribution in [0.1, 0.15) is 11.2 Å². The number of anilines is 2. The summed E-state index contributed by atoms with van der Waals surface area (Å²) in [6.45, 7) is 0. The van der Waals surface area contributed by atoms with Gasteiger partial charge < -0.3 is 15.7 Å². The van der Waals surface area contributed by atoms with Crippen LogP contribution >= 0.6 is 11.6 Å². The topological polar surface area (TPSA) is 116 Å². The number of nitrogens with two attached hydrogens (primary N) is 1. The molecule has 0 aliphatic rings. The first kappa shape index (κ1) is 19.1. The van der Waals surface area contributed by atoms with Crippen molar-refractivity contribution in [3.63, 3.8) is 0 Å². The summed E-state index contributed by atoms with van der Waals surface area (Å²) in [5.74, 6) is 6.31. The second-order valence-electron chi connectivity index (χ2n) is 6.85. The Kier molecular flexibility index (Phi) is 4.77. The molecule has 4 N–H and O–H groups in total. The van der Waals surface area contributed by atoms with Crippen LogP contribution in [0.2, 0.25) is 0 Å². The highest BCUT2D eigenvalue weighted by molar-refractivity contribution is 6.20. The highest BCUT2D eigenvalue weighted by Gasteiger charge is 2.17. The van der Waals surface area contributed by atoms with Crippen molar-refractivity contribution in [3.05, 3.63) is 73.5 Å². The van der Waals surface area contributed by atoms with Crippen molar-refractivity contribution in [1.82, 2.24) is 39.1 Å². The fourth-order valence-corrected chi connectivity index (χ4v) is 3.42. The van der Waals surface area contributed by atoms with Crippen LogP contribution < -0.4 is 16.5 Å². The molecule has 156 valence electrons. The number of alkyl halides is 1. The summed E-state index contributed by atoms with van der Waals surface area (Å²) in [6.07, 6.45) is 12.4. The lowest BCUT2D eigenvalue weighted by atomic mass is 10.2. The van der Waals surface area contributed by atoms with Gasteiger partial charge in [0.2, 0.25) is 0 Å². The first-order chi connectivity index (χ1) is 15.1. The van der Waals surface area contributed by atoms with Crippen LogP contribution in [-0.2, 0) is 0 Å². The monoisotopic (exact) mass is 434 g/mol. The largest absolute Gasteiger partial charge is 0.337 e. The van der Waals surface area contributed by atoms with Gasteiger partial charge in [-0.05, 0) is 31.3 Å². The Hall–Kier alpha value is -3.89. The van der Waals surface area contributed by atoms with Gasteiger partial charge in [0.15, 0.2) is 11.5 Å². The molecule has 1 unspecified atom stereocenters. The van der Waals surface area contributed by atoms with Crippen molar-refractivity contribution in [2.24, 2.45) is 0 Å². The van der Waals surface area contributed by atoms with E-state index in [1.807, 2.05) is 45.6 Å². The first-order valence-electron chi connectivity index (χ1n) is 9.47. The molecule has 0 saturated heterocycles. The van der Waals surface area contributed by atoms with E-state index in [0.29, 0.717) is 17.2 Å². The Labute approximate surface area is 182 Å². The molecule has 5 rings (SSSR count). The smallest absolute Gasteiger partial charge is 0.180 e. The molecule has 31 heavy (non-hydrogen) atoms. The third-order valence-corrected chi connectivity index (χ3v) is 5.30. The van der Waals surface area contributed by atoms with E-state index < -0.39 is 5.50 Å². The summed E-state index contributed by atoms with van der Waals surface area (Å²) >= 11 is 6.43. The number of halogens is 1.